The standard InChI is InChI=1S/C12H13N3O/c13-7-10-3-1-2-4-11(10)9-15-6-5-14-8-12(15)16/h1-4,14H,5-6,8-9H2. The normalized spacial score (nSPS) is 15.9. The summed E-state index contributed by atoms with van der Waals surface area (Å²) in [6.45, 7) is 2.46. The molecule has 1 aliphatic rings. The lowest BCUT2D eigenvalue weighted by Gasteiger charge is -2.27. The number of piperazine rings is 1. The van der Waals surface area contributed by atoms with Crippen LogP contribution in [0.3, 0.4) is 0 Å². The van der Waals surface area contributed by atoms with E-state index in [1.54, 1.807) is 11.0 Å². The molecule has 2 rings (SSSR count). The first kappa shape index (κ1) is 10.7. The molecule has 16 heavy (non-hydrogen) atoms. The van der Waals surface area contributed by atoms with E-state index < -0.39 is 0 Å². The highest BCUT2D eigenvalue weighted by atomic mass is 16.2. The topological polar surface area (TPSA) is 56.1 Å². The van der Waals surface area contributed by atoms with Crippen molar-refractivity contribution in [2.24, 2.45) is 0 Å². The highest BCUT2D eigenvalue weighted by Crippen LogP contribution is 2.11. The van der Waals surface area contributed by atoms with E-state index in [4.69, 9.17) is 5.26 Å². The summed E-state index contributed by atoms with van der Waals surface area (Å²) in [6.07, 6.45) is 0. The van der Waals surface area contributed by atoms with Crippen LogP contribution in [0.15, 0.2) is 24.3 Å². The average Bonchev–Trinajstić information content (AvgIpc) is 2.33. The third kappa shape index (κ3) is 2.20. The maximum atomic E-state index is 11.6. The third-order valence-corrected chi connectivity index (χ3v) is 2.69. The second kappa shape index (κ2) is 4.77. The predicted molar refractivity (Wildman–Crippen MR) is 59.4 cm³/mol. The Morgan fingerprint density at radius 1 is 1.44 bits per heavy atom. The highest BCUT2D eigenvalue weighted by molar-refractivity contribution is 5.79. The number of amides is 1. The first-order chi connectivity index (χ1) is 7.81. The molecule has 1 saturated heterocycles. The van der Waals surface area contributed by atoms with E-state index in [1.807, 2.05) is 18.2 Å². The smallest absolute Gasteiger partial charge is 0.236 e. The Hall–Kier alpha value is -1.86. The van der Waals surface area contributed by atoms with Crippen LogP contribution in [0.5, 0.6) is 0 Å². The minimum Gasteiger partial charge on any atom is -0.336 e. The van der Waals surface area contributed by atoms with Crippen molar-refractivity contribution in [2.45, 2.75) is 6.54 Å². The van der Waals surface area contributed by atoms with E-state index in [0.29, 0.717) is 25.2 Å². The molecule has 1 N–H and O–H groups in total. The van der Waals surface area contributed by atoms with Gasteiger partial charge in [-0.15, -0.1) is 0 Å². The molecule has 1 heterocycles. The van der Waals surface area contributed by atoms with Gasteiger partial charge in [0.25, 0.3) is 0 Å². The zero-order chi connectivity index (χ0) is 11.4. The molecule has 1 amide bonds. The van der Waals surface area contributed by atoms with Gasteiger partial charge in [-0.2, -0.15) is 5.26 Å². The van der Waals surface area contributed by atoms with Crippen LogP contribution in [0, 0.1) is 11.3 Å². The van der Waals surface area contributed by atoms with Crippen molar-refractivity contribution in [3.63, 3.8) is 0 Å². The molecule has 0 radical (unpaired) electrons. The first-order valence-electron chi connectivity index (χ1n) is 5.28. The average molecular weight is 215 g/mol. The Morgan fingerprint density at radius 3 is 3.00 bits per heavy atom. The summed E-state index contributed by atoms with van der Waals surface area (Å²) in [5, 5.41) is 12.0. The molecule has 0 saturated carbocycles. The Bertz CT molecular complexity index is 436. The Kier molecular flexibility index (Phi) is 3.18. The van der Waals surface area contributed by atoms with Gasteiger partial charge in [-0.3, -0.25) is 4.79 Å². The van der Waals surface area contributed by atoms with Crippen LogP contribution in [-0.4, -0.2) is 30.4 Å². The molecule has 0 unspecified atom stereocenters. The van der Waals surface area contributed by atoms with E-state index in [1.165, 1.54) is 0 Å². The lowest BCUT2D eigenvalue weighted by Crippen LogP contribution is -2.47. The van der Waals surface area contributed by atoms with Crippen LogP contribution in [0.25, 0.3) is 0 Å². The Balaban J connectivity index is 2.14. The van der Waals surface area contributed by atoms with Gasteiger partial charge in [0, 0.05) is 19.6 Å². The number of nitrogens with one attached hydrogen (secondary N) is 1. The Morgan fingerprint density at radius 2 is 2.25 bits per heavy atom. The van der Waals surface area contributed by atoms with Gasteiger partial charge < -0.3 is 10.2 Å². The number of hydrogen-bond donors (Lipinski definition) is 1. The summed E-state index contributed by atoms with van der Waals surface area (Å²) in [5.41, 5.74) is 1.56. The lowest BCUT2D eigenvalue weighted by atomic mass is 10.1. The zero-order valence-corrected chi connectivity index (χ0v) is 8.94. The number of benzene rings is 1. The molecule has 0 bridgehead atoms. The molecule has 1 aromatic carbocycles. The molecule has 1 aliphatic heterocycles. The number of nitrogens with zero attached hydrogens (tertiary/aromatic N) is 2. The number of nitriles is 1. The van der Waals surface area contributed by atoms with E-state index in [9.17, 15) is 4.79 Å². The van der Waals surface area contributed by atoms with Crippen molar-refractivity contribution in [3.8, 4) is 6.07 Å². The highest BCUT2D eigenvalue weighted by Gasteiger charge is 2.18. The van der Waals surface area contributed by atoms with Gasteiger partial charge in [0.1, 0.15) is 0 Å². The summed E-state index contributed by atoms with van der Waals surface area (Å²) >= 11 is 0. The van der Waals surface area contributed by atoms with Crippen LogP contribution in [0.4, 0.5) is 0 Å². The molecule has 0 aliphatic carbocycles. The SMILES string of the molecule is N#Cc1ccccc1CN1CCNCC1=O. The van der Waals surface area contributed by atoms with E-state index in [0.717, 1.165) is 12.1 Å². The van der Waals surface area contributed by atoms with Crippen molar-refractivity contribution in [2.75, 3.05) is 19.6 Å². The molecule has 0 spiro atoms. The van der Waals surface area contributed by atoms with Gasteiger partial charge in [0.05, 0.1) is 18.2 Å². The van der Waals surface area contributed by atoms with Gasteiger partial charge in [0.15, 0.2) is 0 Å². The van der Waals surface area contributed by atoms with Crippen LogP contribution in [-0.2, 0) is 11.3 Å². The quantitative estimate of drug-likeness (QED) is 0.781. The molecule has 4 heteroatoms. The van der Waals surface area contributed by atoms with E-state index in [-0.39, 0.29) is 5.91 Å². The molecule has 0 aromatic heterocycles. The second-order valence-corrected chi connectivity index (χ2v) is 3.76. The molecule has 0 atom stereocenters. The van der Waals surface area contributed by atoms with Crippen molar-refractivity contribution in [3.05, 3.63) is 35.4 Å². The van der Waals surface area contributed by atoms with Crippen LogP contribution < -0.4 is 5.32 Å². The van der Waals surface area contributed by atoms with Gasteiger partial charge >= 0.3 is 0 Å². The zero-order valence-electron chi connectivity index (χ0n) is 8.94. The van der Waals surface area contributed by atoms with Gasteiger partial charge in [-0.1, -0.05) is 18.2 Å². The maximum absolute atomic E-state index is 11.6. The monoisotopic (exact) mass is 215 g/mol. The van der Waals surface area contributed by atoms with Crippen LogP contribution in [0.2, 0.25) is 0 Å². The summed E-state index contributed by atoms with van der Waals surface area (Å²) in [4.78, 5) is 13.4. The largest absolute Gasteiger partial charge is 0.336 e. The number of hydrogen-bond acceptors (Lipinski definition) is 3. The van der Waals surface area contributed by atoms with E-state index >= 15 is 0 Å². The van der Waals surface area contributed by atoms with Crippen molar-refractivity contribution >= 4 is 5.91 Å². The maximum Gasteiger partial charge on any atom is 0.236 e. The molecule has 82 valence electrons. The fourth-order valence-corrected chi connectivity index (χ4v) is 1.79. The summed E-state index contributed by atoms with van der Waals surface area (Å²) in [6, 6.07) is 9.55. The Labute approximate surface area is 94.5 Å². The van der Waals surface area contributed by atoms with Gasteiger partial charge in [0.2, 0.25) is 5.91 Å². The minimum absolute atomic E-state index is 0.0963. The second-order valence-electron chi connectivity index (χ2n) is 3.76. The number of rotatable bonds is 2. The van der Waals surface area contributed by atoms with Crippen LogP contribution in [0.1, 0.15) is 11.1 Å². The molecule has 1 fully saturated rings. The summed E-state index contributed by atoms with van der Waals surface area (Å²) in [5.74, 6) is 0.0963. The van der Waals surface area contributed by atoms with Gasteiger partial charge in [-0.05, 0) is 11.6 Å². The fourth-order valence-electron chi connectivity index (χ4n) is 1.79. The number of carbonyl (C=O) groups is 1. The lowest BCUT2D eigenvalue weighted by molar-refractivity contribution is -0.132. The number of carbonyl (C=O) groups excluding carboxylic acids is 1. The fraction of sp³-hybridized carbons (Fsp3) is 0.333. The van der Waals surface area contributed by atoms with Crippen molar-refractivity contribution in [1.82, 2.24) is 10.2 Å². The first-order valence-corrected chi connectivity index (χ1v) is 5.28. The molecule has 1 aromatic rings. The summed E-state index contributed by atoms with van der Waals surface area (Å²) < 4.78 is 0. The molecular weight excluding hydrogens is 202 g/mol. The van der Waals surface area contributed by atoms with Crippen molar-refractivity contribution < 1.29 is 4.79 Å². The third-order valence-electron chi connectivity index (χ3n) is 2.69. The minimum atomic E-state index is 0.0963. The van der Waals surface area contributed by atoms with E-state index in [2.05, 4.69) is 11.4 Å². The van der Waals surface area contributed by atoms with Gasteiger partial charge in [-0.25, -0.2) is 0 Å². The van der Waals surface area contributed by atoms with Crippen LogP contribution >= 0.6 is 0 Å². The van der Waals surface area contributed by atoms with Crippen molar-refractivity contribution in [1.29, 1.82) is 5.26 Å². The molecular formula is C12H13N3O. The predicted octanol–water partition coefficient (Wildman–Crippen LogP) is 0.490. The molecule has 4 nitrogen and oxygen atoms in total. The summed E-state index contributed by atoms with van der Waals surface area (Å²) in [7, 11) is 0.